The molecule has 0 unspecified atom stereocenters. The zero-order valence-electron chi connectivity index (χ0n) is 14.3. The Morgan fingerprint density at radius 3 is 2.39 bits per heavy atom. The minimum Gasteiger partial charge on any atom is -0.309 e. The number of benzene rings is 1. The fourth-order valence-electron chi connectivity index (χ4n) is 2.21. The van der Waals surface area contributed by atoms with E-state index < -0.39 is 0 Å². The maximum atomic E-state index is 5.98. The maximum Gasteiger partial charge on any atom is 0.0999 e. The van der Waals surface area contributed by atoms with Crippen molar-refractivity contribution in [1.82, 2.24) is 9.88 Å². The Bertz CT molecular complexity index is 624. The van der Waals surface area contributed by atoms with Crippen molar-refractivity contribution < 1.29 is 0 Å². The highest BCUT2D eigenvalue weighted by molar-refractivity contribution is 7.99. The molecule has 0 aliphatic heterocycles. The second-order valence-corrected chi connectivity index (χ2v) is 7.83. The molecule has 0 atom stereocenters. The third-order valence-electron chi connectivity index (χ3n) is 3.64. The van der Waals surface area contributed by atoms with Gasteiger partial charge in [0, 0.05) is 29.4 Å². The van der Waals surface area contributed by atoms with Crippen LogP contribution in [0.1, 0.15) is 36.6 Å². The number of hydrogen-bond acceptors (Lipinski definition) is 3. The lowest BCUT2D eigenvalue weighted by atomic mass is 10.0. The standard InChI is InChI=1S/C19H25ClN2S/c1-14(2)18-10-7-16(13-15-5-8-17(20)9-6-15)19(21-18)23-12-11-22(3)4/h5-10,14H,11-13H2,1-4H3. The molecule has 2 rings (SSSR count). The van der Waals surface area contributed by atoms with Crippen molar-refractivity contribution in [3.05, 3.63) is 58.2 Å². The summed E-state index contributed by atoms with van der Waals surface area (Å²) in [5.41, 5.74) is 3.72. The Kier molecular flexibility index (Phi) is 6.94. The van der Waals surface area contributed by atoms with Crippen LogP contribution in [0.3, 0.4) is 0 Å². The van der Waals surface area contributed by atoms with Crippen molar-refractivity contribution in [2.24, 2.45) is 0 Å². The van der Waals surface area contributed by atoms with Gasteiger partial charge in [-0.25, -0.2) is 4.98 Å². The first-order valence-corrected chi connectivity index (χ1v) is 9.34. The molecule has 1 aromatic heterocycles. The van der Waals surface area contributed by atoms with Crippen molar-refractivity contribution in [3.63, 3.8) is 0 Å². The molecule has 0 radical (unpaired) electrons. The van der Waals surface area contributed by atoms with E-state index in [1.807, 2.05) is 23.9 Å². The van der Waals surface area contributed by atoms with Crippen LogP contribution in [0, 0.1) is 0 Å². The van der Waals surface area contributed by atoms with Gasteiger partial charge in [0.2, 0.25) is 0 Å². The Labute approximate surface area is 149 Å². The molecule has 0 amide bonds. The highest BCUT2D eigenvalue weighted by Gasteiger charge is 2.10. The van der Waals surface area contributed by atoms with E-state index in [0.29, 0.717) is 5.92 Å². The molecule has 0 saturated carbocycles. The van der Waals surface area contributed by atoms with Gasteiger partial charge in [0.25, 0.3) is 0 Å². The van der Waals surface area contributed by atoms with Crippen LogP contribution in [-0.2, 0) is 6.42 Å². The summed E-state index contributed by atoms with van der Waals surface area (Å²) in [6.07, 6.45) is 0.896. The van der Waals surface area contributed by atoms with Gasteiger partial charge in [0.1, 0.15) is 0 Å². The molecule has 0 saturated heterocycles. The summed E-state index contributed by atoms with van der Waals surface area (Å²) in [6.45, 7) is 5.43. The first-order chi connectivity index (χ1) is 11.0. The van der Waals surface area contributed by atoms with E-state index in [1.54, 1.807) is 0 Å². The highest BCUT2D eigenvalue weighted by atomic mass is 35.5. The molecular weight excluding hydrogens is 324 g/mol. The van der Waals surface area contributed by atoms with Gasteiger partial charge in [0.15, 0.2) is 0 Å². The van der Waals surface area contributed by atoms with E-state index in [2.05, 4.69) is 57.1 Å². The average molecular weight is 349 g/mol. The molecule has 4 heteroatoms. The molecule has 2 aromatic rings. The number of hydrogen-bond donors (Lipinski definition) is 0. The van der Waals surface area contributed by atoms with E-state index in [0.717, 1.165) is 34.5 Å². The number of pyridine rings is 1. The zero-order chi connectivity index (χ0) is 16.8. The fraction of sp³-hybridized carbons (Fsp3) is 0.421. The van der Waals surface area contributed by atoms with Gasteiger partial charge in [-0.3, -0.25) is 0 Å². The third kappa shape index (κ3) is 5.83. The first-order valence-electron chi connectivity index (χ1n) is 7.97. The van der Waals surface area contributed by atoms with Crippen molar-refractivity contribution in [2.45, 2.75) is 31.2 Å². The van der Waals surface area contributed by atoms with Gasteiger partial charge in [-0.2, -0.15) is 0 Å². The quantitative estimate of drug-likeness (QED) is 0.647. The van der Waals surface area contributed by atoms with E-state index in [4.69, 9.17) is 16.6 Å². The minimum atomic E-state index is 0.452. The van der Waals surface area contributed by atoms with E-state index >= 15 is 0 Å². The van der Waals surface area contributed by atoms with Crippen molar-refractivity contribution in [3.8, 4) is 0 Å². The number of halogens is 1. The molecule has 2 nitrogen and oxygen atoms in total. The lowest BCUT2D eigenvalue weighted by Gasteiger charge is -2.14. The van der Waals surface area contributed by atoms with Crippen LogP contribution < -0.4 is 0 Å². The molecule has 0 spiro atoms. The van der Waals surface area contributed by atoms with Crippen LogP contribution in [0.15, 0.2) is 41.4 Å². The van der Waals surface area contributed by atoms with Gasteiger partial charge >= 0.3 is 0 Å². The highest BCUT2D eigenvalue weighted by Crippen LogP contribution is 2.26. The SMILES string of the molecule is CC(C)c1ccc(Cc2ccc(Cl)cc2)c(SCCN(C)C)n1. The average Bonchev–Trinajstić information content (AvgIpc) is 2.50. The van der Waals surface area contributed by atoms with Gasteiger partial charge in [-0.05, 0) is 49.3 Å². The Morgan fingerprint density at radius 2 is 1.78 bits per heavy atom. The second kappa shape index (κ2) is 8.72. The monoisotopic (exact) mass is 348 g/mol. The van der Waals surface area contributed by atoms with Crippen molar-refractivity contribution in [1.29, 1.82) is 0 Å². The number of rotatable bonds is 7. The molecular formula is C19H25ClN2S. The molecule has 0 fully saturated rings. The van der Waals surface area contributed by atoms with Crippen LogP contribution >= 0.6 is 23.4 Å². The van der Waals surface area contributed by atoms with Crippen LogP contribution in [0.5, 0.6) is 0 Å². The molecule has 0 N–H and O–H groups in total. The molecule has 0 bridgehead atoms. The maximum absolute atomic E-state index is 5.98. The zero-order valence-corrected chi connectivity index (χ0v) is 15.9. The summed E-state index contributed by atoms with van der Waals surface area (Å²) in [5.74, 6) is 1.50. The minimum absolute atomic E-state index is 0.452. The Balaban J connectivity index is 2.20. The third-order valence-corrected chi connectivity index (χ3v) is 4.90. The lowest BCUT2D eigenvalue weighted by molar-refractivity contribution is 0.437. The summed E-state index contributed by atoms with van der Waals surface area (Å²) < 4.78 is 0. The summed E-state index contributed by atoms with van der Waals surface area (Å²) in [5, 5.41) is 1.94. The fourth-order valence-corrected chi connectivity index (χ4v) is 3.48. The summed E-state index contributed by atoms with van der Waals surface area (Å²) in [6, 6.07) is 12.5. The molecule has 1 aromatic carbocycles. The number of aromatic nitrogens is 1. The first kappa shape index (κ1) is 18.3. The predicted molar refractivity (Wildman–Crippen MR) is 102 cm³/mol. The number of thioether (sulfide) groups is 1. The van der Waals surface area contributed by atoms with E-state index in [-0.39, 0.29) is 0 Å². The van der Waals surface area contributed by atoms with Gasteiger partial charge in [-0.15, -0.1) is 11.8 Å². The Hall–Kier alpha value is -1.03. The molecule has 0 aliphatic rings. The smallest absolute Gasteiger partial charge is 0.0999 e. The van der Waals surface area contributed by atoms with Crippen LogP contribution in [0.25, 0.3) is 0 Å². The summed E-state index contributed by atoms with van der Waals surface area (Å²) >= 11 is 7.83. The van der Waals surface area contributed by atoms with Gasteiger partial charge < -0.3 is 4.90 Å². The topological polar surface area (TPSA) is 16.1 Å². The summed E-state index contributed by atoms with van der Waals surface area (Å²) in [7, 11) is 4.21. The molecule has 0 aliphatic carbocycles. The molecule has 124 valence electrons. The van der Waals surface area contributed by atoms with Crippen molar-refractivity contribution >= 4 is 23.4 Å². The van der Waals surface area contributed by atoms with Crippen LogP contribution in [0.4, 0.5) is 0 Å². The van der Waals surface area contributed by atoms with Crippen molar-refractivity contribution in [2.75, 3.05) is 26.4 Å². The van der Waals surface area contributed by atoms with Gasteiger partial charge in [-0.1, -0.05) is 43.6 Å². The normalized spacial score (nSPS) is 11.4. The van der Waals surface area contributed by atoms with Gasteiger partial charge in [0.05, 0.1) is 5.03 Å². The Morgan fingerprint density at radius 1 is 1.09 bits per heavy atom. The van der Waals surface area contributed by atoms with Crippen LogP contribution in [-0.4, -0.2) is 36.3 Å². The summed E-state index contributed by atoms with van der Waals surface area (Å²) in [4.78, 5) is 7.11. The largest absolute Gasteiger partial charge is 0.309 e. The second-order valence-electron chi connectivity index (χ2n) is 6.31. The number of nitrogens with zero attached hydrogens (tertiary/aromatic N) is 2. The van der Waals surface area contributed by atoms with Crippen LogP contribution in [0.2, 0.25) is 5.02 Å². The van der Waals surface area contributed by atoms with E-state index in [1.165, 1.54) is 11.1 Å². The molecule has 23 heavy (non-hydrogen) atoms. The lowest BCUT2D eigenvalue weighted by Crippen LogP contribution is -2.15. The molecule has 1 heterocycles. The van der Waals surface area contributed by atoms with E-state index in [9.17, 15) is 0 Å². The predicted octanol–water partition coefficient (Wildman–Crippen LogP) is 5.10.